The van der Waals surface area contributed by atoms with Crippen LogP contribution in [0.25, 0.3) is 10.9 Å². The van der Waals surface area contributed by atoms with E-state index in [4.69, 9.17) is 0 Å². The lowest BCUT2D eigenvalue weighted by atomic mass is 10.2. The molecule has 0 amide bonds. The monoisotopic (exact) mass is 223 g/mol. The lowest BCUT2D eigenvalue weighted by molar-refractivity contribution is 0.629. The van der Waals surface area contributed by atoms with Crippen molar-refractivity contribution in [1.29, 1.82) is 0 Å². The van der Waals surface area contributed by atoms with Crippen molar-refractivity contribution in [2.75, 3.05) is 12.0 Å². The molecule has 3 heteroatoms. The molecule has 0 spiro atoms. The molecule has 0 aliphatic heterocycles. The molecule has 2 aromatic rings. The second-order valence-corrected chi connectivity index (χ2v) is 4.54. The van der Waals surface area contributed by atoms with Gasteiger partial charge in [0.05, 0.1) is 0 Å². The predicted octanol–water partition coefficient (Wildman–Crippen LogP) is 3.53. The first-order valence-corrected chi connectivity index (χ1v) is 6.44. The summed E-state index contributed by atoms with van der Waals surface area (Å²) in [5.74, 6) is 1.00. The first-order valence-electron chi connectivity index (χ1n) is 5.04. The third kappa shape index (κ3) is 2.34. The number of fused-ring (bicyclic) bond motifs is 1. The Hall–Kier alpha value is -0.960. The molecule has 2 rings (SSSR count). The minimum absolute atomic E-state index is 0.163. The maximum Gasteiger partial charge on any atom is 0.123 e. The SMILES string of the molecule is CSCCCn1ccc2cc(F)ccc21. The van der Waals surface area contributed by atoms with Crippen LogP contribution in [0.3, 0.4) is 0 Å². The second kappa shape index (κ2) is 4.71. The van der Waals surface area contributed by atoms with Gasteiger partial charge in [-0.05, 0) is 42.7 Å². The summed E-state index contributed by atoms with van der Waals surface area (Å²) in [6, 6.07) is 6.93. The molecule has 15 heavy (non-hydrogen) atoms. The van der Waals surface area contributed by atoms with E-state index in [-0.39, 0.29) is 5.82 Å². The number of aryl methyl sites for hydroxylation is 1. The molecule has 0 unspecified atom stereocenters. The lowest BCUT2D eigenvalue weighted by Crippen LogP contribution is -1.96. The van der Waals surface area contributed by atoms with Gasteiger partial charge in [0.1, 0.15) is 5.82 Å². The molecule has 0 bridgehead atoms. The van der Waals surface area contributed by atoms with Crippen LogP contribution < -0.4 is 0 Å². The highest BCUT2D eigenvalue weighted by Gasteiger charge is 2.01. The van der Waals surface area contributed by atoms with E-state index >= 15 is 0 Å². The Balaban J connectivity index is 2.21. The maximum absolute atomic E-state index is 12.9. The van der Waals surface area contributed by atoms with E-state index in [0.717, 1.165) is 23.9 Å². The van der Waals surface area contributed by atoms with Crippen LogP contribution in [-0.2, 0) is 6.54 Å². The van der Waals surface area contributed by atoms with Crippen molar-refractivity contribution in [3.05, 3.63) is 36.3 Å². The Bertz CT molecular complexity index is 450. The smallest absolute Gasteiger partial charge is 0.123 e. The van der Waals surface area contributed by atoms with Gasteiger partial charge in [0.2, 0.25) is 0 Å². The molecule has 0 aliphatic rings. The van der Waals surface area contributed by atoms with E-state index in [1.165, 1.54) is 11.8 Å². The molecule has 0 fully saturated rings. The van der Waals surface area contributed by atoms with E-state index in [1.54, 1.807) is 6.07 Å². The first-order chi connectivity index (χ1) is 7.31. The van der Waals surface area contributed by atoms with Crippen LogP contribution in [0.2, 0.25) is 0 Å². The van der Waals surface area contributed by atoms with Gasteiger partial charge in [-0.3, -0.25) is 0 Å². The van der Waals surface area contributed by atoms with E-state index in [0.29, 0.717) is 0 Å². The summed E-state index contributed by atoms with van der Waals surface area (Å²) in [5, 5.41) is 0.985. The zero-order valence-corrected chi connectivity index (χ0v) is 9.56. The molecule has 0 aliphatic carbocycles. The molecule has 0 radical (unpaired) electrons. The van der Waals surface area contributed by atoms with Gasteiger partial charge in [-0.15, -0.1) is 0 Å². The molecule has 1 nitrogen and oxygen atoms in total. The van der Waals surface area contributed by atoms with Gasteiger partial charge in [0.25, 0.3) is 0 Å². The van der Waals surface area contributed by atoms with Crippen molar-refractivity contribution < 1.29 is 4.39 Å². The number of hydrogen-bond acceptors (Lipinski definition) is 1. The highest BCUT2D eigenvalue weighted by atomic mass is 32.2. The fourth-order valence-corrected chi connectivity index (χ4v) is 2.16. The highest BCUT2D eigenvalue weighted by molar-refractivity contribution is 7.98. The molecule has 0 saturated heterocycles. The molecule has 0 saturated carbocycles. The highest BCUT2D eigenvalue weighted by Crippen LogP contribution is 2.17. The van der Waals surface area contributed by atoms with Crippen molar-refractivity contribution in [1.82, 2.24) is 4.57 Å². The molecule has 0 atom stereocenters. The van der Waals surface area contributed by atoms with Crippen LogP contribution >= 0.6 is 11.8 Å². The number of rotatable bonds is 4. The predicted molar refractivity (Wildman–Crippen MR) is 64.9 cm³/mol. The van der Waals surface area contributed by atoms with Crippen molar-refractivity contribution in [2.24, 2.45) is 0 Å². The van der Waals surface area contributed by atoms with Gasteiger partial charge in [-0.25, -0.2) is 4.39 Å². The van der Waals surface area contributed by atoms with E-state index < -0.39 is 0 Å². The molecule has 80 valence electrons. The van der Waals surface area contributed by atoms with Crippen LogP contribution in [0.4, 0.5) is 4.39 Å². The van der Waals surface area contributed by atoms with Crippen molar-refractivity contribution in [3.8, 4) is 0 Å². The summed E-state index contributed by atoms with van der Waals surface area (Å²) in [4.78, 5) is 0. The summed E-state index contributed by atoms with van der Waals surface area (Å²) in [7, 11) is 0. The maximum atomic E-state index is 12.9. The van der Waals surface area contributed by atoms with Crippen LogP contribution in [-0.4, -0.2) is 16.6 Å². The summed E-state index contributed by atoms with van der Waals surface area (Å²) in [5.41, 5.74) is 1.12. The average molecular weight is 223 g/mol. The number of benzene rings is 1. The summed E-state index contributed by atoms with van der Waals surface area (Å²) in [6.45, 7) is 1.01. The number of hydrogen-bond donors (Lipinski definition) is 0. The third-order valence-electron chi connectivity index (χ3n) is 2.48. The molecule has 1 aromatic carbocycles. The standard InChI is InChI=1S/C12H14FNS/c1-15-8-2-6-14-7-5-10-9-11(13)3-4-12(10)14/h3-5,7,9H,2,6,8H2,1H3. The van der Waals surface area contributed by atoms with Gasteiger partial charge >= 0.3 is 0 Å². The Kier molecular flexibility index (Phi) is 3.31. The minimum Gasteiger partial charge on any atom is -0.347 e. The van der Waals surface area contributed by atoms with E-state index in [9.17, 15) is 4.39 Å². The Morgan fingerprint density at radius 3 is 3.00 bits per heavy atom. The fraction of sp³-hybridized carbons (Fsp3) is 0.333. The third-order valence-corrected chi connectivity index (χ3v) is 3.18. The summed E-state index contributed by atoms with van der Waals surface area (Å²) < 4.78 is 15.1. The summed E-state index contributed by atoms with van der Waals surface area (Å²) in [6.07, 6.45) is 5.30. The van der Waals surface area contributed by atoms with Gasteiger partial charge in [-0.2, -0.15) is 11.8 Å². The second-order valence-electron chi connectivity index (χ2n) is 3.56. The van der Waals surface area contributed by atoms with Crippen molar-refractivity contribution in [3.63, 3.8) is 0 Å². The first kappa shape index (κ1) is 10.6. The van der Waals surface area contributed by atoms with E-state index in [2.05, 4.69) is 10.8 Å². The Morgan fingerprint density at radius 1 is 1.33 bits per heavy atom. The summed E-state index contributed by atoms with van der Waals surface area (Å²) >= 11 is 1.86. The Morgan fingerprint density at radius 2 is 2.20 bits per heavy atom. The Labute approximate surface area is 93.3 Å². The van der Waals surface area contributed by atoms with Gasteiger partial charge in [0.15, 0.2) is 0 Å². The number of thioether (sulfide) groups is 1. The average Bonchev–Trinajstić information content (AvgIpc) is 2.61. The molecule has 1 aromatic heterocycles. The van der Waals surface area contributed by atoms with Crippen LogP contribution in [0, 0.1) is 5.82 Å². The van der Waals surface area contributed by atoms with Gasteiger partial charge < -0.3 is 4.57 Å². The largest absolute Gasteiger partial charge is 0.347 e. The van der Waals surface area contributed by atoms with Gasteiger partial charge in [-0.1, -0.05) is 0 Å². The molecule has 0 N–H and O–H groups in total. The van der Waals surface area contributed by atoms with E-state index in [1.807, 2.05) is 30.1 Å². The molecular formula is C12H14FNS. The zero-order valence-electron chi connectivity index (χ0n) is 8.74. The zero-order chi connectivity index (χ0) is 10.7. The van der Waals surface area contributed by atoms with Crippen LogP contribution in [0.1, 0.15) is 6.42 Å². The number of nitrogens with zero attached hydrogens (tertiary/aromatic N) is 1. The van der Waals surface area contributed by atoms with Crippen molar-refractivity contribution in [2.45, 2.75) is 13.0 Å². The number of aromatic nitrogens is 1. The molecular weight excluding hydrogens is 209 g/mol. The topological polar surface area (TPSA) is 4.93 Å². The van der Waals surface area contributed by atoms with Crippen LogP contribution in [0.5, 0.6) is 0 Å². The lowest BCUT2D eigenvalue weighted by Gasteiger charge is -2.04. The normalized spacial score (nSPS) is 11.1. The minimum atomic E-state index is -0.163. The molecule has 1 heterocycles. The van der Waals surface area contributed by atoms with Crippen LogP contribution in [0.15, 0.2) is 30.5 Å². The number of halogens is 1. The quantitative estimate of drug-likeness (QED) is 0.718. The van der Waals surface area contributed by atoms with Crippen molar-refractivity contribution >= 4 is 22.7 Å². The van der Waals surface area contributed by atoms with Gasteiger partial charge in [0, 0.05) is 23.6 Å². The fourth-order valence-electron chi connectivity index (χ4n) is 1.75.